The molecule has 0 aliphatic carbocycles. The number of carbonyl (C=O) groups excluding carboxylic acids is 2. The van der Waals surface area contributed by atoms with E-state index in [4.69, 9.17) is 14.6 Å². The Morgan fingerprint density at radius 2 is 1.94 bits per heavy atom. The number of methoxy groups -OCH3 is 1. The highest BCUT2D eigenvalue weighted by Crippen LogP contribution is 2.36. The fraction of sp³-hybridized carbons (Fsp3) is 0.407. The number of ether oxygens (including phenoxy) is 2. The van der Waals surface area contributed by atoms with E-state index in [1.54, 1.807) is 34.7 Å². The van der Waals surface area contributed by atoms with Gasteiger partial charge in [0, 0.05) is 19.0 Å². The normalized spacial score (nSPS) is 14.5. The summed E-state index contributed by atoms with van der Waals surface area (Å²) in [4.78, 5) is 31.1. The molecule has 0 radical (unpaired) electrons. The zero-order valence-corrected chi connectivity index (χ0v) is 21.1. The van der Waals surface area contributed by atoms with Gasteiger partial charge in [-0.1, -0.05) is 26.3 Å². The molecule has 4 rings (SSSR count). The van der Waals surface area contributed by atoms with Gasteiger partial charge in [-0.2, -0.15) is 5.10 Å². The summed E-state index contributed by atoms with van der Waals surface area (Å²) in [7, 11) is 1.32. The molecular formula is C27H31FN4O4. The highest BCUT2D eigenvalue weighted by Gasteiger charge is 2.27. The highest BCUT2D eigenvalue weighted by molar-refractivity contribution is 5.98. The van der Waals surface area contributed by atoms with Crippen molar-refractivity contribution in [1.82, 2.24) is 19.7 Å². The predicted molar refractivity (Wildman–Crippen MR) is 135 cm³/mol. The topological polar surface area (TPSA) is 86.6 Å². The van der Waals surface area contributed by atoms with Crippen molar-refractivity contribution in [2.45, 2.75) is 46.0 Å². The Hall–Kier alpha value is -3.75. The first-order chi connectivity index (χ1) is 17.4. The SMILES string of the molecule is CCCC(C)c1nn(-c2ccc(F)cc2)c2nc(C(=O)OC)cc(C3=CCN(C(=O)OCC)CC3)c12. The van der Waals surface area contributed by atoms with Crippen LogP contribution in [0, 0.1) is 5.82 Å². The van der Waals surface area contributed by atoms with Crippen LogP contribution in [0.1, 0.15) is 67.7 Å². The smallest absolute Gasteiger partial charge is 0.410 e. The molecule has 0 spiro atoms. The summed E-state index contributed by atoms with van der Waals surface area (Å²) in [6, 6.07) is 7.77. The Labute approximate surface area is 209 Å². The quantitative estimate of drug-likeness (QED) is 0.404. The number of carbonyl (C=O) groups is 2. The number of pyridine rings is 1. The van der Waals surface area contributed by atoms with Crippen LogP contribution in [0.3, 0.4) is 0 Å². The van der Waals surface area contributed by atoms with Gasteiger partial charge in [-0.3, -0.25) is 0 Å². The van der Waals surface area contributed by atoms with Crippen LogP contribution in [0.15, 0.2) is 36.4 Å². The zero-order valence-electron chi connectivity index (χ0n) is 21.1. The van der Waals surface area contributed by atoms with Gasteiger partial charge >= 0.3 is 12.1 Å². The molecule has 1 aliphatic rings. The first-order valence-corrected chi connectivity index (χ1v) is 12.3. The Morgan fingerprint density at radius 1 is 1.19 bits per heavy atom. The number of halogens is 1. The van der Waals surface area contributed by atoms with Crippen molar-refractivity contribution >= 4 is 28.7 Å². The van der Waals surface area contributed by atoms with Crippen LogP contribution in [-0.4, -0.2) is 58.5 Å². The summed E-state index contributed by atoms with van der Waals surface area (Å²) in [6.07, 6.45) is 4.13. The third-order valence-electron chi connectivity index (χ3n) is 6.40. The summed E-state index contributed by atoms with van der Waals surface area (Å²) >= 11 is 0. The van der Waals surface area contributed by atoms with Crippen LogP contribution in [0.2, 0.25) is 0 Å². The summed E-state index contributed by atoms with van der Waals surface area (Å²) < 4.78 is 25.5. The van der Waals surface area contributed by atoms with Crippen molar-refractivity contribution in [3.8, 4) is 5.69 Å². The van der Waals surface area contributed by atoms with Crippen molar-refractivity contribution in [2.75, 3.05) is 26.8 Å². The average Bonchev–Trinajstić information content (AvgIpc) is 3.28. The Bertz CT molecular complexity index is 1300. The van der Waals surface area contributed by atoms with Gasteiger partial charge in [0.1, 0.15) is 5.82 Å². The van der Waals surface area contributed by atoms with Gasteiger partial charge in [-0.05, 0) is 61.2 Å². The van der Waals surface area contributed by atoms with Gasteiger partial charge in [0.05, 0.1) is 30.5 Å². The number of fused-ring (bicyclic) bond motifs is 1. The lowest BCUT2D eigenvalue weighted by molar-refractivity contribution is 0.0594. The molecule has 2 aromatic heterocycles. The van der Waals surface area contributed by atoms with Crippen LogP contribution in [0.25, 0.3) is 22.3 Å². The first-order valence-electron chi connectivity index (χ1n) is 12.3. The lowest BCUT2D eigenvalue weighted by Gasteiger charge is -2.26. The summed E-state index contributed by atoms with van der Waals surface area (Å²) in [5, 5.41) is 5.78. The van der Waals surface area contributed by atoms with Gasteiger partial charge in [0.15, 0.2) is 11.3 Å². The van der Waals surface area contributed by atoms with Gasteiger partial charge in [-0.25, -0.2) is 23.6 Å². The van der Waals surface area contributed by atoms with Crippen LogP contribution >= 0.6 is 0 Å². The minimum Gasteiger partial charge on any atom is -0.464 e. The number of aromatic nitrogens is 3. The number of hydrogen-bond acceptors (Lipinski definition) is 6. The Morgan fingerprint density at radius 3 is 2.56 bits per heavy atom. The van der Waals surface area contributed by atoms with E-state index >= 15 is 0 Å². The van der Waals surface area contributed by atoms with E-state index in [1.165, 1.54) is 19.2 Å². The van der Waals surface area contributed by atoms with Crippen LogP contribution in [-0.2, 0) is 9.47 Å². The van der Waals surface area contributed by atoms with Gasteiger partial charge < -0.3 is 14.4 Å². The fourth-order valence-corrected chi connectivity index (χ4v) is 4.58. The second-order valence-corrected chi connectivity index (χ2v) is 8.83. The van der Waals surface area contributed by atoms with Gasteiger partial charge in [0.25, 0.3) is 0 Å². The molecule has 0 saturated carbocycles. The van der Waals surface area contributed by atoms with E-state index in [0.717, 1.165) is 35.1 Å². The van der Waals surface area contributed by atoms with Crippen molar-refractivity contribution in [2.24, 2.45) is 0 Å². The molecule has 1 atom stereocenters. The lowest BCUT2D eigenvalue weighted by Crippen LogP contribution is -2.35. The van der Waals surface area contributed by atoms with E-state index in [9.17, 15) is 14.0 Å². The minimum absolute atomic E-state index is 0.129. The van der Waals surface area contributed by atoms with E-state index in [1.807, 2.05) is 6.08 Å². The van der Waals surface area contributed by atoms with E-state index < -0.39 is 5.97 Å². The summed E-state index contributed by atoms with van der Waals surface area (Å²) in [5.41, 5.74) is 4.01. The molecule has 0 N–H and O–H groups in total. The number of nitrogens with zero attached hydrogens (tertiary/aromatic N) is 4. The van der Waals surface area contributed by atoms with Crippen LogP contribution in [0.5, 0.6) is 0 Å². The monoisotopic (exact) mass is 494 g/mol. The maximum atomic E-state index is 13.7. The zero-order chi connectivity index (χ0) is 25.8. The summed E-state index contributed by atoms with van der Waals surface area (Å²) in [5.74, 6) is -0.779. The van der Waals surface area contributed by atoms with E-state index in [2.05, 4.69) is 18.8 Å². The van der Waals surface area contributed by atoms with Crippen molar-refractivity contribution in [1.29, 1.82) is 0 Å². The molecule has 3 heterocycles. The molecule has 0 fully saturated rings. The van der Waals surface area contributed by atoms with Gasteiger partial charge in [0.2, 0.25) is 0 Å². The Balaban J connectivity index is 1.93. The third-order valence-corrected chi connectivity index (χ3v) is 6.40. The maximum Gasteiger partial charge on any atom is 0.410 e. The molecule has 1 aliphatic heterocycles. The number of benzene rings is 1. The van der Waals surface area contributed by atoms with Crippen molar-refractivity contribution in [3.05, 3.63) is 59.2 Å². The average molecular weight is 495 g/mol. The number of amides is 1. The van der Waals surface area contributed by atoms with E-state index in [-0.39, 0.29) is 23.5 Å². The van der Waals surface area contributed by atoms with E-state index in [0.29, 0.717) is 37.5 Å². The molecule has 1 aromatic carbocycles. The summed E-state index contributed by atoms with van der Waals surface area (Å²) in [6.45, 7) is 7.24. The van der Waals surface area contributed by atoms with Gasteiger partial charge in [-0.15, -0.1) is 0 Å². The molecule has 3 aromatic rings. The number of esters is 1. The first kappa shape index (κ1) is 25.3. The molecular weight excluding hydrogens is 463 g/mol. The molecule has 36 heavy (non-hydrogen) atoms. The van der Waals surface area contributed by atoms with Crippen molar-refractivity contribution in [3.63, 3.8) is 0 Å². The number of hydrogen-bond donors (Lipinski definition) is 0. The largest absolute Gasteiger partial charge is 0.464 e. The molecule has 0 bridgehead atoms. The fourth-order valence-electron chi connectivity index (χ4n) is 4.58. The molecule has 9 heteroatoms. The molecule has 1 unspecified atom stereocenters. The Kier molecular flexibility index (Phi) is 7.67. The van der Waals surface area contributed by atoms with Crippen molar-refractivity contribution < 1.29 is 23.5 Å². The molecule has 1 amide bonds. The predicted octanol–water partition coefficient (Wildman–Crippen LogP) is 5.50. The van der Waals surface area contributed by atoms with Crippen LogP contribution in [0.4, 0.5) is 9.18 Å². The van der Waals surface area contributed by atoms with Crippen LogP contribution < -0.4 is 0 Å². The second kappa shape index (κ2) is 10.9. The molecule has 8 nitrogen and oxygen atoms in total. The lowest BCUT2D eigenvalue weighted by atomic mass is 9.92. The third kappa shape index (κ3) is 4.96. The maximum absolute atomic E-state index is 13.7. The molecule has 190 valence electrons. The second-order valence-electron chi connectivity index (χ2n) is 8.83. The highest BCUT2D eigenvalue weighted by atomic mass is 19.1. The number of rotatable bonds is 7. The minimum atomic E-state index is -0.558. The molecule has 0 saturated heterocycles. The standard InChI is InChI=1S/C27H31FN4O4/c1-5-7-17(3)24-23-21(18-12-14-31(15-13-18)27(34)36-6-2)16-22(26(33)35-4)29-25(23)32(30-24)20-10-8-19(28)9-11-20/h8-12,16-17H,5-7,13-15H2,1-4H3.